The van der Waals surface area contributed by atoms with Crippen LogP contribution in [0.4, 0.5) is 0 Å². The predicted octanol–water partition coefficient (Wildman–Crippen LogP) is 4.74. The Morgan fingerprint density at radius 2 is 1.75 bits per heavy atom. The zero-order valence-corrected chi connectivity index (χ0v) is 13.5. The van der Waals surface area contributed by atoms with Crippen LogP contribution in [0.5, 0.6) is 5.75 Å². The maximum Gasteiger partial charge on any atom is 0.189 e. The molecule has 0 amide bonds. The number of carbonyl (C=O) groups excluding carboxylic acids is 1. The summed E-state index contributed by atoms with van der Waals surface area (Å²) in [6, 6.07) is 11.3. The van der Waals surface area contributed by atoms with Crippen LogP contribution in [-0.4, -0.2) is 10.9 Å². The number of phenolic OH excluding ortho intramolecular Hbond substituents is 1. The molecule has 1 N–H and O–H groups in total. The predicted molar refractivity (Wildman–Crippen MR) is 86.0 cm³/mol. The Labute approximate surface area is 133 Å². The zero-order chi connectivity index (χ0) is 14.3. The first-order chi connectivity index (χ1) is 9.56. The van der Waals surface area contributed by atoms with E-state index in [1.165, 1.54) is 0 Å². The molecule has 0 bridgehead atoms. The number of phenols is 1. The second-order valence-corrected chi connectivity index (χ2v) is 6.37. The smallest absolute Gasteiger partial charge is 0.189 e. The van der Waals surface area contributed by atoms with Crippen molar-refractivity contribution >= 4 is 43.7 Å². The summed E-state index contributed by atoms with van der Waals surface area (Å²) in [6.45, 7) is 0. The number of hydrogen-bond acceptors (Lipinski definition) is 2. The Morgan fingerprint density at radius 1 is 1.10 bits per heavy atom. The second kappa shape index (κ2) is 5.19. The molecule has 0 radical (unpaired) electrons. The van der Waals surface area contributed by atoms with Gasteiger partial charge in [-0.1, -0.05) is 24.3 Å². The van der Waals surface area contributed by atoms with Crippen LogP contribution >= 0.6 is 31.9 Å². The third kappa shape index (κ3) is 2.34. The average molecular weight is 394 g/mol. The van der Waals surface area contributed by atoms with Gasteiger partial charge >= 0.3 is 0 Å². The maximum atomic E-state index is 12.3. The van der Waals surface area contributed by atoms with E-state index in [4.69, 9.17) is 0 Å². The van der Waals surface area contributed by atoms with Gasteiger partial charge in [0.2, 0.25) is 0 Å². The van der Waals surface area contributed by atoms with Gasteiger partial charge in [0, 0.05) is 17.6 Å². The van der Waals surface area contributed by atoms with Gasteiger partial charge in [-0.2, -0.15) is 0 Å². The largest absolute Gasteiger partial charge is 0.506 e. The van der Waals surface area contributed by atoms with Crippen LogP contribution < -0.4 is 0 Å². The molecule has 1 aliphatic carbocycles. The van der Waals surface area contributed by atoms with Gasteiger partial charge in [0.1, 0.15) is 5.75 Å². The number of carbonyl (C=O) groups is 1. The molecule has 20 heavy (non-hydrogen) atoms. The van der Waals surface area contributed by atoms with E-state index in [1.807, 2.05) is 30.3 Å². The molecule has 0 saturated carbocycles. The van der Waals surface area contributed by atoms with Crippen LogP contribution in [0.1, 0.15) is 21.5 Å². The van der Waals surface area contributed by atoms with E-state index in [-0.39, 0.29) is 11.5 Å². The van der Waals surface area contributed by atoms with Crippen molar-refractivity contribution in [1.29, 1.82) is 0 Å². The summed E-state index contributed by atoms with van der Waals surface area (Å²) in [4.78, 5) is 12.3. The van der Waals surface area contributed by atoms with Crippen molar-refractivity contribution in [3.05, 3.63) is 67.6 Å². The molecule has 0 unspecified atom stereocenters. The molecule has 100 valence electrons. The zero-order valence-electron chi connectivity index (χ0n) is 10.4. The average Bonchev–Trinajstić information content (AvgIpc) is 2.73. The van der Waals surface area contributed by atoms with Gasteiger partial charge in [0.05, 0.1) is 8.95 Å². The highest BCUT2D eigenvalue weighted by Gasteiger charge is 2.24. The van der Waals surface area contributed by atoms with Gasteiger partial charge in [-0.3, -0.25) is 4.79 Å². The number of Topliss-reactive ketones (excluding diaryl/α,β-unsaturated/α-hetero) is 1. The fraction of sp³-hybridized carbons (Fsp3) is 0.0625. The first-order valence-corrected chi connectivity index (χ1v) is 7.66. The number of hydrogen-bond donors (Lipinski definition) is 1. The highest BCUT2D eigenvalue weighted by Crippen LogP contribution is 2.35. The van der Waals surface area contributed by atoms with Gasteiger partial charge in [-0.25, -0.2) is 0 Å². The van der Waals surface area contributed by atoms with Crippen molar-refractivity contribution in [3.8, 4) is 5.75 Å². The van der Waals surface area contributed by atoms with Crippen LogP contribution in [0.25, 0.3) is 6.08 Å². The lowest BCUT2D eigenvalue weighted by atomic mass is 10.1. The van der Waals surface area contributed by atoms with Gasteiger partial charge < -0.3 is 5.11 Å². The van der Waals surface area contributed by atoms with Crippen molar-refractivity contribution in [2.75, 3.05) is 0 Å². The van der Waals surface area contributed by atoms with Gasteiger partial charge in [-0.15, -0.1) is 0 Å². The molecular weight excluding hydrogens is 384 g/mol. The number of halogens is 2. The fourth-order valence-electron chi connectivity index (χ4n) is 2.34. The number of allylic oxidation sites excluding steroid dienone is 1. The highest BCUT2D eigenvalue weighted by atomic mass is 79.9. The van der Waals surface area contributed by atoms with Crippen molar-refractivity contribution in [3.63, 3.8) is 0 Å². The van der Waals surface area contributed by atoms with Crippen molar-refractivity contribution < 1.29 is 9.90 Å². The monoisotopic (exact) mass is 392 g/mol. The molecule has 0 atom stereocenters. The van der Waals surface area contributed by atoms with E-state index in [0.29, 0.717) is 15.4 Å². The molecule has 1 aliphatic rings. The molecule has 2 aromatic carbocycles. The standard InChI is InChI=1S/C16H10Br2O2/c17-13-6-9(7-14(18)16(13)20)5-11-8-10-3-1-2-4-12(10)15(11)19/h1-7,20H,8H2/b11-5+. The highest BCUT2D eigenvalue weighted by molar-refractivity contribution is 9.11. The lowest BCUT2D eigenvalue weighted by molar-refractivity contribution is 0.104. The molecule has 2 nitrogen and oxygen atoms in total. The van der Waals surface area contributed by atoms with Crippen LogP contribution in [0.15, 0.2) is 50.9 Å². The van der Waals surface area contributed by atoms with Gasteiger partial charge in [0.15, 0.2) is 5.78 Å². The molecule has 0 aliphatic heterocycles. The van der Waals surface area contributed by atoms with Crippen LogP contribution in [0.3, 0.4) is 0 Å². The van der Waals surface area contributed by atoms with Crippen molar-refractivity contribution in [1.82, 2.24) is 0 Å². The van der Waals surface area contributed by atoms with E-state index in [2.05, 4.69) is 31.9 Å². The Morgan fingerprint density at radius 3 is 2.40 bits per heavy atom. The Kier molecular flexibility index (Phi) is 3.52. The van der Waals surface area contributed by atoms with Crippen LogP contribution in [-0.2, 0) is 6.42 Å². The van der Waals surface area contributed by atoms with Gasteiger partial charge in [0.25, 0.3) is 0 Å². The van der Waals surface area contributed by atoms with E-state index in [1.54, 1.807) is 12.1 Å². The second-order valence-electron chi connectivity index (χ2n) is 4.67. The molecule has 0 heterocycles. The van der Waals surface area contributed by atoms with E-state index in [0.717, 1.165) is 22.3 Å². The van der Waals surface area contributed by atoms with E-state index in [9.17, 15) is 9.90 Å². The number of ketones is 1. The summed E-state index contributed by atoms with van der Waals surface area (Å²) in [5.41, 5.74) is 3.50. The summed E-state index contributed by atoms with van der Waals surface area (Å²) < 4.78 is 1.20. The third-order valence-electron chi connectivity index (χ3n) is 3.31. The molecule has 0 aromatic heterocycles. The minimum absolute atomic E-state index is 0.0842. The molecular formula is C16H10Br2O2. The summed E-state index contributed by atoms with van der Waals surface area (Å²) in [7, 11) is 0. The number of aromatic hydroxyl groups is 1. The quantitative estimate of drug-likeness (QED) is 0.710. The first kappa shape index (κ1) is 13.6. The maximum absolute atomic E-state index is 12.3. The van der Waals surface area contributed by atoms with E-state index >= 15 is 0 Å². The number of rotatable bonds is 1. The Balaban J connectivity index is 2.02. The minimum Gasteiger partial charge on any atom is -0.506 e. The van der Waals surface area contributed by atoms with E-state index < -0.39 is 0 Å². The molecule has 0 fully saturated rings. The third-order valence-corrected chi connectivity index (χ3v) is 4.52. The molecule has 0 spiro atoms. The molecule has 3 rings (SSSR count). The first-order valence-electron chi connectivity index (χ1n) is 6.07. The topological polar surface area (TPSA) is 37.3 Å². The Bertz CT molecular complexity index is 725. The summed E-state index contributed by atoms with van der Waals surface area (Å²) >= 11 is 6.59. The molecule has 2 aromatic rings. The Hall–Kier alpha value is -1.39. The van der Waals surface area contributed by atoms with Crippen LogP contribution in [0, 0.1) is 0 Å². The normalized spacial score (nSPS) is 15.7. The summed E-state index contributed by atoms with van der Waals surface area (Å²) in [6.07, 6.45) is 2.53. The number of benzene rings is 2. The number of fused-ring (bicyclic) bond motifs is 1. The summed E-state index contributed by atoms with van der Waals surface area (Å²) in [5, 5.41) is 9.70. The van der Waals surface area contributed by atoms with Crippen molar-refractivity contribution in [2.24, 2.45) is 0 Å². The molecule has 4 heteroatoms. The SMILES string of the molecule is O=C1/C(=C/c2cc(Br)c(O)c(Br)c2)Cc2ccccc21. The lowest BCUT2D eigenvalue weighted by Gasteiger charge is -2.03. The summed E-state index contributed by atoms with van der Waals surface area (Å²) in [5.74, 6) is 0.245. The minimum atomic E-state index is 0.0842. The fourth-order valence-corrected chi connectivity index (χ4v) is 3.56. The lowest BCUT2D eigenvalue weighted by Crippen LogP contribution is -1.95. The van der Waals surface area contributed by atoms with Crippen molar-refractivity contribution in [2.45, 2.75) is 6.42 Å². The molecule has 0 saturated heterocycles. The van der Waals surface area contributed by atoms with Gasteiger partial charge in [-0.05, 0) is 61.2 Å². The van der Waals surface area contributed by atoms with Crippen LogP contribution in [0.2, 0.25) is 0 Å².